The number of halogens is 1. The van der Waals surface area contributed by atoms with E-state index in [0.29, 0.717) is 13.0 Å². The van der Waals surface area contributed by atoms with E-state index < -0.39 is 23.0 Å². The maximum absolute atomic E-state index is 13.9. The molecular weight excluding hydrogens is 379 g/mol. The van der Waals surface area contributed by atoms with Crippen molar-refractivity contribution in [1.82, 2.24) is 19.3 Å². The van der Waals surface area contributed by atoms with Crippen LogP contribution in [0.2, 0.25) is 0 Å². The third-order valence-corrected chi connectivity index (χ3v) is 4.50. The minimum atomic E-state index is -0.773. The Kier molecular flexibility index (Phi) is 5.62. The lowest BCUT2D eigenvalue weighted by atomic mass is 10.3. The normalized spacial score (nSPS) is 10.9. The van der Waals surface area contributed by atoms with Crippen LogP contribution in [0, 0.1) is 5.82 Å². The standard InChI is InChI=1S/C19H21FN6O3/c1-3-4-10-25-16(21)15(17(27)22-19(25)29)24(2)18(28)13-9-11-26(23-13)14-8-6-5-7-12(14)20/h5-9,11H,3-4,10,21H2,1-2H3,(H,22,27,29). The summed E-state index contributed by atoms with van der Waals surface area (Å²) in [5.74, 6) is -1.22. The van der Waals surface area contributed by atoms with E-state index in [1.54, 1.807) is 12.1 Å². The summed E-state index contributed by atoms with van der Waals surface area (Å²) in [6, 6.07) is 7.40. The van der Waals surface area contributed by atoms with Gasteiger partial charge in [-0.25, -0.2) is 13.9 Å². The molecule has 152 valence electrons. The van der Waals surface area contributed by atoms with Gasteiger partial charge in [0.05, 0.1) is 0 Å². The van der Waals surface area contributed by atoms with Crippen molar-refractivity contribution in [1.29, 1.82) is 0 Å². The van der Waals surface area contributed by atoms with Crippen molar-refractivity contribution in [3.8, 4) is 5.69 Å². The Bertz CT molecular complexity index is 1160. The molecule has 0 unspecified atom stereocenters. The van der Waals surface area contributed by atoms with Gasteiger partial charge in [-0.1, -0.05) is 25.5 Å². The summed E-state index contributed by atoms with van der Waals surface area (Å²) < 4.78 is 16.4. The topological polar surface area (TPSA) is 119 Å². The minimum Gasteiger partial charge on any atom is -0.383 e. The minimum absolute atomic E-state index is 0.0131. The van der Waals surface area contributed by atoms with Crippen LogP contribution < -0.4 is 21.9 Å². The lowest BCUT2D eigenvalue weighted by Gasteiger charge is -2.19. The van der Waals surface area contributed by atoms with Gasteiger partial charge in [0.2, 0.25) is 0 Å². The maximum Gasteiger partial charge on any atom is 0.330 e. The second kappa shape index (κ2) is 8.13. The SMILES string of the molecule is CCCCn1c(N)c(N(C)C(=O)c2ccn(-c3ccccc3F)n2)c(=O)[nH]c1=O. The van der Waals surface area contributed by atoms with Gasteiger partial charge in [-0.3, -0.25) is 19.1 Å². The van der Waals surface area contributed by atoms with Crippen LogP contribution in [0.15, 0.2) is 46.1 Å². The molecule has 0 saturated heterocycles. The first-order valence-corrected chi connectivity index (χ1v) is 9.06. The number of nitrogens with two attached hydrogens (primary N) is 1. The summed E-state index contributed by atoms with van der Waals surface area (Å²) >= 11 is 0. The van der Waals surface area contributed by atoms with E-state index in [-0.39, 0.29) is 22.9 Å². The van der Waals surface area contributed by atoms with E-state index in [4.69, 9.17) is 5.73 Å². The van der Waals surface area contributed by atoms with Crippen LogP contribution in [0.25, 0.3) is 5.69 Å². The fourth-order valence-electron chi connectivity index (χ4n) is 2.92. The third kappa shape index (κ3) is 3.82. The predicted octanol–water partition coefficient (Wildman–Crippen LogP) is 1.52. The zero-order valence-electron chi connectivity index (χ0n) is 16.1. The second-order valence-corrected chi connectivity index (χ2v) is 6.46. The van der Waals surface area contributed by atoms with Crippen LogP contribution in [0.1, 0.15) is 30.3 Å². The Morgan fingerprint density at radius 2 is 2.00 bits per heavy atom. The fraction of sp³-hybridized carbons (Fsp3) is 0.263. The van der Waals surface area contributed by atoms with Gasteiger partial charge < -0.3 is 10.6 Å². The van der Waals surface area contributed by atoms with Gasteiger partial charge in [0.15, 0.2) is 11.4 Å². The number of nitrogen functional groups attached to an aromatic ring is 1. The van der Waals surface area contributed by atoms with E-state index in [1.165, 1.54) is 40.7 Å². The number of aromatic amines is 1. The van der Waals surface area contributed by atoms with Crippen LogP contribution in [-0.4, -0.2) is 32.3 Å². The first-order chi connectivity index (χ1) is 13.8. The fourth-order valence-corrected chi connectivity index (χ4v) is 2.92. The Hall–Kier alpha value is -3.69. The molecule has 1 aromatic carbocycles. The molecule has 0 atom stereocenters. The van der Waals surface area contributed by atoms with Crippen LogP contribution in [0.5, 0.6) is 0 Å². The van der Waals surface area contributed by atoms with Crippen molar-refractivity contribution >= 4 is 17.4 Å². The highest BCUT2D eigenvalue weighted by molar-refractivity contribution is 6.05. The highest BCUT2D eigenvalue weighted by Crippen LogP contribution is 2.18. The van der Waals surface area contributed by atoms with Crippen molar-refractivity contribution in [3.63, 3.8) is 0 Å². The van der Waals surface area contributed by atoms with Gasteiger partial charge >= 0.3 is 5.69 Å². The van der Waals surface area contributed by atoms with Crippen LogP contribution in [-0.2, 0) is 6.54 Å². The molecule has 0 aliphatic heterocycles. The molecule has 0 aliphatic carbocycles. The number of unbranched alkanes of at least 4 members (excludes halogenated alkanes) is 1. The number of aromatic nitrogens is 4. The number of hydrogen-bond acceptors (Lipinski definition) is 5. The van der Waals surface area contributed by atoms with Gasteiger partial charge in [0.1, 0.15) is 17.3 Å². The summed E-state index contributed by atoms with van der Waals surface area (Å²) in [6.07, 6.45) is 2.94. The molecule has 29 heavy (non-hydrogen) atoms. The third-order valence-electron chi connectivity index (χ3n) is 4.50. The smallest absolute Gasteiger partial charge is 0.330 e. The molecule has 2 aromatic heterocycles. The molecule has 3 N–H and O–H groups in total. The monoisotopic (exact) mass is 400 g/mol. The Labute approximate surface area is 165 Å². The molecule has 1 amide bonds. The number of amides is 1. The number of nitrogens with zero attached hydrogens (tertiary/aromatic N) is 4. The van der Waals surface area contributed by atoms with Crippen LogP contribution in [0.3, 0.4) is 0 Å². The lowest BCUT2D eigenvalue weighted by Crippen LogP contribution is -2.39. The molecule has 2 heterocycles. The number of benzene rings is 1. The summed E-state index contributed by atoms with van der Waals surface area (Å²) in [4.78, 5) is 40.4. The molecule has 3 aromatic rings. The first-order valence-electron chi connectivity index (χ1n) is 9.06. The van der Waals surface area contributed by atoms with E-state index in [1.807, 2.05) is 6.92 Å². The summed E-state index contributed by atoms with van der Waals surface area (Å²) in [5.41, 5.74) is 4.65. The number of nitrogens with one attached hydrogen (secondary N) is 1. The van der Waals surface area contributed by atoms with Gasteiger partial charge in [0, 0.05) is 19.8 Å². The maximum atomic E-state index is 13.9. The molecule has 0 fully saturated rings. The summed E-state index contributed by atoms with van der Waals surface area (Å²) in [6.45, 7) is 2.27. The second-order valence-electron chi connectivity index (χ2n) is 6.46. The van der Waals surface area contributed by atoms with Gasteiger partial charge in [-0.15, -0.1) is 0 Å². The first kappa shape index (κ1) is 20.1. The number of para-hydroxylation sites is 1. The number of carbonyl (C=O) groups is 1. The number of carbonyl (C=O) groups excluding carboxylic acids is 1. The summed E-state index contributed by atoms with van der Waals surface area (Å²) in [5, 5.41) is 4.10. The zero-order chi connectivity index (χ0) is 21.1. The van der Waals surface area contributed by atoms with Crippen molar-refractivity contribution in [3.05, 3.63) is 68.9 Å². The molecule has 9 nitrogen and oxygen atoms in total. The quantitative estimate of drug-likeness (QED) is 0.650. The average Bonchev–Trinajstić information content (AvgIpc) is 3.17. The molecule has 0 radical (unpaired) electrons. The van der Waals surface area contributed by atoms with E-state index in [0.717, 1.165) is 11.3 Å². The van der Waals surface area contributed by atoms with E-state index in [9.17, 15) is 18.8 Å². The van der Waals surface area contributed by atoms with Crippen LogP contribution >= 0.6 is 0 Å². The van der Waals surface area contributed by atoms with E-state index in [2.05, 4.69) is 10.1 Å². The van der Waals surface area contributed by atoms with Gasteiger partial charge in [-0.2, -0.15) is 5.10 Å². The molecular formula is C19H21FN6O3. The van der Waals surface area contributed by atoms with E-state index >= 15 is 0 Å². The van der Waals surface area contributed by atoms with Gasteiger partial charge in [-0.05, 0) is 24.6 Å². The molecule has 0 saturated carbocycles. The number of rotatable bonds is 6. The Morgan fingerprint density at radius 1 is 1.28 bits per heavy atom. The van der Waals surface area contributed by atoms with Crippen molar-refractivity contribution in [2.24, 2.45) is 0 Å². The lowest BCUT2D eigenvalue weighted by molar-refractivity contribution is 0.0987. The average molecular weight is 400 g/mol. The molecule has 10 heteroatoms. The Balaban J connectivity index is 1.96. The van der Waals surface area contributed by atoms with Crippen molar-refractivity contribution in [2.45, 2.75) is 26.3 Å². The molecule has 0 aliphatic rings. The highest BCUT2D eigenvalue weighted by Gasteiger charge is 2.23. The predicted molar refractivity (Wildman–Crippen MR) is 107 cm³/mol. The molecule has 0 spiro atoms. The van der Waals surface area contributed by atoms with Crippen molar-refractivity contribution in [2.75, 3.05) is 17.7 Å². The molecule has 0 bridgehead atoms. The van der Waals surface area contributed by atoms with Crippen molar-refractivity contribution < 1.29 is 9.18 Å². The molecule has 3 rings (SSSR count). The highest BCUT2D eigenvalue weighted by atomic mass is 19.1. The number of H-pyrrole nitrogens is 1. The van der Waals surface area contributed by atoms with Crippen LogP contribution in [0.4, 0.5) is 15.9 Å². The number of hydrogen-bond donors (Lipinski definition) is 2. The Morgan fingerprint density at radius 3 is 2.69 bits per heavy atom. The summed E-state index contributed by atoms with van der Waals surface area (Å²) in [7, 11) is 1.36. The largest absolute Gasteiger partial charge is 0.383 e. The zero-order valence-corrected chi connectivity index (χ0v) is 16.1. The number of anilines is 2. The van der Waals surface area contributed by atoms with Gasteiger partial charge in [0.25, 0.3) is 11.5 Å².